The van der Waals surface area contributed by atoms with Crippen molar-refractivity contribution in [3.63, 3.8) is 0 Å². The summed E-state index contributed by atoms with van der Waals surface area (Å²) >= 11 is 2.80. The maximum Gasteiger partial charge on any atom is 0.191 e. The number of aliphatic hydroxyl groups excluding tert-OH is 1. The van der Waals surface area contributed by atoms with E-state index in [0.717, 1.165) is 0 Å². The van der Waals surface area contributed by atoms with Gasteiger partial charge in [0.25, 0.3) is 0 Å². The maximum absolute atomic E-state index is 14.1. The zero-order chi connectivity index (χ0) is 18.4. The van der Waals surface area contributed by atoms with Crippen LogP contribution < -0.4 is 10.0 Å². The van der Waals surface area contributed by atoms with Gasteiger partial charge in [-0.2, -0.15) is 0 Å². The van der Waals surface area contributed by atoms with E-state index in [1.807, 2.05) is 26.2 Å². The third-order valence-corrected chi connectivity index (χ3v) is 4.71. The highest BCUT2D eigenvalue weighted by molar-refractivity contribution is 7.99. The van der Waals surface area contributed by atoms with Crippen molar-refractivity contribution in [1.82, 2.24) is 9.97 Å². The third kappa shape index (κ3) is 5.76. The summed E-state index contributed by atoms with van der Waals surface area (Å²) in [5.41, 5.74) is 0.751. The summed E-state index contributed by atoms with van der Waals surface area (Å²) in [6, 6.07) is 7.15. The Balaban J connectivity index is 2.21. The highest BCUT2D eigenvalue weighted by atomic mass is 32.2. The van der Waals surface area contributed by atoms with Crippen molar-refractivity contribution >= 4 is 35.3 Å². The van der Waals surface area contributed by atoms with E-state index in [0.29, 0.717) is 33.7 Å². The molecule has 0 aliphatic heterocycles. The van der Waals surface area contributed by atoms with E-state index < -0.39 is 5.54 Å². The predicted octanol–water partition coefficient (Wildman–Crippen LogP) is 4.09. The van der Waals surface area contributed by atoms with E-state index in [4.69, 9.17) is 0 Å². The molecule has 0 saturated carbocycles. The first-order valence-electron chi connectivity index (χ1n) is 7.78. The molecular formula is C17H23FN4OS2. The van der Waals surface area contributed by atoms with Crippen LogP contribution in [0.4, 0.5) is 16.0 Å². The van der Waals surface area contributed by atoms with Gasteiger partial charge in [-0.1, -0.05) is 41.9 Å². The molecule has 1 aromatic carbocycles. The first-order valence-corrected chi connectivity index (χ1v) is 9.99. The molecule has 0 amide bonds. The molecular weight excluding hydrogens is 359 g/mol. The van der Waals surface area contributed by atoms with Gasteiger partial charge >= 0.3 is 0 Å². The minimum Gasteiger partial charge on any atom is -0.394 e. The van der Waals surface area contributed by atoms with Crippen LogP contribution in [0.25, 0.3) is 0 Å². The van der Waals surface area contributed by atoms with E-state index >= 15 is 0 Å². The minimum absolute atomic E-state index is 0.0285. The van der Waals surface area contributed by atoms with Crippen molar-refractivity contribution in [2.45, 2.75) is 37.2 Å². The number of rotatable bonds is 8. The number of hydrogen-bond donors (Lipinski definition) is 3. The average molecular weight is 383 g/mol. The lowest BCUT2D eigenvalue weighted by atomic mass is 10.1. The largest absolute Gasteiger partial charge is 0.394 e. The highest BCUT2D eigenvalue weighted by Gasteiger charge is 2.18. The van der Waals surface area contributed by atoms with Crippen molar-refractivity contribution in [3.05, 3.63) is 41.2 Å². The summed E-state index contributed by atoms with van der Waals surface area (Å²) in [6.45, 7) is 5.48. The average Bonchev–Trinajstić information content (AvgIpc) is 2.56. The quantitative estimate of drug-likeness (QED) is 0.361. The second-order valence-electron chi connectivity index (χ2n) is 6.23. The van der Waals surface area contributed by atoms with Crippen LogP contribution in [0.5, 0.6) is 0 Å². The molecule has 0 bridgehead atoms. The van der Waals surface area contributed by atoms with Crippen molar-refractivity contribution in [1.29, 1.82) is 0 Å². The van der Waals surface area contributed by atoms with Gasteiger partial charge in [-0.05, 0) is 31.9 Å². The zero-order valence-electron chi connectivity index (χ0n) is 14.8. The molecule has 8 heteroatoms. The molecule has 0 unspecified atom stereocenters. The predicted molar refractivity (Wildman–Crippen MR) is 105 cm³/mol. The molecule has 0 saturated heterocycles. The van der Waals surface area contributed by atoms with Crippen molar-refractivity contribution in [2.24, 2.45) is 0 Å². The Morgan fingerprint density at radius 1 is 1.24 bits per heavy atom. The van der Waals surface area contributed by atoms with Gasteiger partial charge in [-0.25, -0.2) is 14.4 Å². The topological polar surface area (TPSA) is 70.1 Å². The standard InChI is InChI=1S/C17H23FN4OS2/c1-11-6-5-7-12(15(11)18)9-25-16-19-13(21-17(2,3)10-23)8-14(20-16)22-24-4/h5-8,23H,9-10H2,1-4H3,(H2,19,20,21,22). The molecule has 136 valence electrons. The van der Waals surface area contributed by atoms with Gasteiger partial charge in [0.15, 0.2) is 5.16 Å². The van der Waals surface area contributed by atoms with Gasteiger partial charge in [-0.3, -0.25) is 0 Å². The second kappa shape index (κ2) is 8.73. The molecule has 5 nitrogen and oxygen atoms in total. The van der Waals surface area contributed by atoms with E-state index in [2.05, 4.69) is 20.0 Å². The highest BCUT2D eigenvalue weighted by Crippen LogP contribution is 2.26. The Morgan fingerprint density at radius 3 is 2.64 bits per heavy atom. The third-order valence-electron chi connectivity index (χ3n) is 3.40. The Bertz CT molecular complexity index is 728. The Kier molecular flexibility index (Phi) is 6.92. The Labute approximate surface area is 156 Å². The molecule has 2 rings (SSSR count). The molecule has 0 spiro atoms. The number of halogens is 1. The fourth-order valence-electron chi connectivity index (χ4n) is 2.06. The van der Waals surface area contributed by atoms with Gasteiger partial charge in [0.2, 0.25) is 0 Å². The zero-order valence-corrected chi connectivity index (χ0v) is 16.4. The Hall–Kier alpha value is -1.51. The number of aryl methyl sites for hydroxylation is 1. The minimum atomic E-state index is -0.504. The molecule has 3 N–H and O–H groups in total. The van der Waals surface area contributed by atoms with Gasteiger partial charge in [-0.15, -0.1) is 0 Å². The van der Waals surface area contributed by atoms with Crippen LogP contribution in [0.1, 0.15) is 25.0 Å². The van der Waals surface area contributed by atoms with Crippen LogP contribution in [-0.2, 0) is 5.75 Å². The van der Waals surface area contributed by atoms with Crippen LogP contribution in [0, 0.1) is 12.7 Å². The van der Waals surface area contributed by atoms with E-state index in [1.54, 1.807) is 25.1 Å². The molecule has 0 aliphatic rings. The molecule has 25 heavy (non-hydrogen) atoms. The molecule has 1 aromatic heterocycles. The van der Waals surface area contributed by atoms with E-state index in [9.17, 15) is 9.50 Å². The number of nitrogens with one attached hydrogen (secondary N) is 2. The number of anilines is 2. The first kappa shape index (κ1) is 19.8. The summed E-state index contributed by atoms with van der Waals surface area (Å²) < 4.78 is 17.2. The first-order chi connectivity index (χ1) is 11.8. The van der Waals surface area contributed by atoms with Crippen molar-refractivity contribution in [3.8, 4) is 0 Å². The maximum atomic E-state index is 14.1. The molecule has 2 aromatic rings. The summed E-state index contributed by atoms with van der Waals surface area (Å²) in [7, 11) is 0. The summed E-state index contributed by atoms with van der Waals surface area (Å²) in [4.78, 5) is 8.91. The second-order valence-corrected chi connectivity index (χ2v) is 7.79. The van der Waals surface area contributed by atoms with Gasteiger partial charge in [0.1, 0.15) is 17.5 Å². The molecule has 0 aliphatic carbocycles. The number of thioether (sulfide) groups is 1. The van der Waals surface area contributed by atoms with E-state index in [-0.39, 0.29) is 12.4 Å². The Morgan fingerprint density at radius 2 is 1.96 bits per heavy atom. The van der Waals surface area contributed by atoms with Crippen LogP contribution in [0.2, 0.25) is 0 Å². The summed E-state index contributed by atoms with van der Waals surface area (Å²) in [5, 5.41) is 13.2. The van der Waals surface area contributed by atoms with Crippen LogP contribution in [-0.4, -0.2) is 33.5 Å². The lowest BCUT2D eigenvalue weighted by Gasteiger charge is -2.24. The van der Waals surface area contributed by atoms with E-state index in [1.165, 1.54) is 23.7 Å². The lowest BCUT2D eigenvalue weighted by molar-refractivity contribution is 0.234. The molecule has 0 radical (unpaired) electrons. The lowest BCUT2D eigenvalue weighted by Crippen LogP contribution is -2.35. The fourth-order valence-corrected chi connectivity index (χ4v) is 3.21. The fraction of sp³-hybridized carbons (Fsp3) is 0.412. The van der Waals surface area contributed by atoms with Gasteiger partial charge in [0.05, 0.1) is 12.1 Å². The van der Waals surface area contributed by atoms with Crippen LogP contribution in [0.3, 0.4) is 0 Å². The number of nitrogens with zero attached hydrogens (tertiary/aromatic N) is 2. The monoisotopic (exact) mass is 382 g/mol. The number of benzene rings is 1. The van der Waals surface area contributed by atoms with Crippen molar-refractivity contribution < 1.29 is 9.50 Å². The van der Waals surface area contributed by atoms with Crippen LogP contribution >= 0.6 is 23.7 Å². The number of aromatic nitrogens is 2. The molecule has 0 fully saturated rings. The van der Waals surface area contributed by atoms with Gasteiger partial charge < -0.3 is 15.1 Å². The van der Waals surface area contributed by atoms with Crippen molar-refractivity contribution in [2.75, 3.05) is 22.9 Å². The number of hydrogen-bond acceptors (Lipinski definition) is 7. The van der Waals surface area contributed by atoms with Gasteiger partial charge in [0, 0.05) is 18.1 Å². The normalized spacial score (nSPS) is 11.4. The smallest absolute Gasteiger partial charge is 0.191 e. The van der Waals surface area contributed by atoms with Crippen LogP contribution in [0.15, 0.2) is 29.4 Å². The number of aliphatic hydroxyl groups is 1. The SMILES string of the molecule is CSNc1cc(NC(C)(C)CO)nc(SCc2cccc(C)c2F)n1. The molecule has 1 heterocycles. The summed E-state index contributed by atoms with van der Waals surface area (Å²) in [6.07, 6.45) is 1.90. The molecule has 0 atom stereocenters. The summed E-state index contributed by atoms with van der Waals surface area (Å²) in [5.74, 6) is 1.52.